The lowest BCUT2D eigenvalue weighted by Crippen LogP contribution is -2.44. The van der Waals surface area contributed by atoms with Gasteiger partial charge in [0.2, 0.25) is 0 Å². The van der Waals surface area contributed by atoms with Crippen LogP contribution in [0.2, 0.25) is 5.02 Å². The summed E-state index contributed by atoms with van der Waals surface area (Å²) >= 11 is 6.43. The third kappa shape index (κ3) is 4.36. The Bertz CT molecular complexity index is 775. The summed E-state index contributed by atoms with van der Waals surface area (Å²) in [6.07, 6.45) is 0. The van der Waals surface area contributed by atoms with Gasteiger partial charge in [0, 0.05) is 35.9 Å². The Balaban J connectivity index is 1.78. The highest BCUT2D eigenvalue weighted by Crippen LogP contribution is 2.28. The quantitative estimate of drug-likeness (QED) is 0.790. The van der Waals surface area contributed by atoms with E-state index >= 15 is 0 Å². The average molecular weight is 374 g/mol. The number of benzene rings is 2. The molecule has 1 aliphatic heterocycles. The number of halogens is 1. The molecule has 2 aromatic rings. The zero-order chi connectivity index (χ0) is 18.5. The van der Waals surface area contributed by atoms with Crippen LogP contribution in [0.25, 0.3) is 0 Å². The number of hydrogen-bond acceptors (Lipinski definition) is 4. The first kappa shape index (κ1) is 18.7. The SMILES string of the molecule is Cc1ccc(N)cc1C(=O)NCC(c1ccccc1Cl)N1CCOCC1. The topological polar surface area (TPSA) is 67.6 Å². The lowest BCUT2D eigenvalue weighted by atomic mass is 10.0. The standard InChI is InChI=1S/C20H24ClN3O2/c1-14-6-7-15(22)12-17(14)20(25)23-13-19(24-8-10-26-11-9-24)16-4-2-3-5-18(16)21/h2-7,12,19H,8-11,13,22H2,1H3,(H,23,25). The molecule has 1 unspecified atom stereocenters. The smallest absolute Gasteiger partial charge is 0.251 e. The van der Waals surface area contributed by atoms with Crippen molar-refractivity contribution in [3.05, 3.63) is 64.2 Å². The van der Waals surface area contributed by atoms with Gasteiger partial charge in [0.15, 0.2) is 0 Å². The number of carbonyl (C=O) groups is 1. The molecule has 0 saturated carbocycles. The molecule has 0 radical (unpaired) electrons. The first-order chi connectivity index (χ1) is 12.6. The lowest BCUT2D eigenvalue weighted by Gasteiger charge is -2.35. The highest BCUT2D eigenvalue weighted by Gasteiger charge is 2.25. The number of nitrogen functional groups attached to an aromatic ring is 1. The first-order valence-corrected chi connectivity index (χ1v) is 9.14. The first-order valence-electron chi connectivity index (χ1n) is 8.77. The van der Waals surface area contributed by atoms with Crippen molar-refractivity contribution < 1.29 is 9.53 Å². The summed E-state index contributed by atoms with van der Waals surface area (Å²) in [7, 11) is 0. The van der Waals surface area contributed by atoms with Crippen LogP contribution in [-0.4, -0.2) is 43.7 Å². The molecule has 0 bridgehead atoms. The number of nitrogens with two attached hydrogens (primary N) is 1. The Morgan fingerprint density at radius 1 is 1.27 bits per heavy atom. The van der Waals surface area contributed by atoms with Crippen LogP contribution in [-0.2, 0) is 4.74 Å². The Morgan fingerprint density at radius 3 is 2.73 bits per heavy atom. The number of nitrogens with zero attached hydrogens (tertiary/aromatic N) is 1. The van der Waals surface area contributed by atoms with Gasteiger partial charge in [-0.05, 0) is 36.2 Å². The Hall–Kier alpha value is -2.08. The van der Waals surface area contributed by atoms with Crippen molar-refractivity contribution in [1.29, 1.82) is 0 Å². The van der Waals surface area contributed by atoms with E-state index in [0.717, 1.165) is 24.2 Å². The third-order valence-electron chi connectivity index (χ3n) is 4.71. The molecule has 1 saturated heterocycles. The Labute approximate surface area is 159 Å². The number of amides is 1. The summed E-state index contributed by atoms with van der Waals surface area (Å²) in [6, 6.07) is 13.1. The number of hydrogen-bond donors (Lipinski definition) is 2. The second kappa shape index (κ2) is 8.54. The fourth-order valence-electron chi connectivity index (χ4n) is 3.24. The van der Waals surface area contributed by atoms with Crippen LogP contribution in [0.3, 0.4) is 0 Å². The zero-order valence-electron chi connectivity index (χ0n) is 14.9. The number of aryl methyl sites for hydroxylation is 1. The molecule has 1 heterocycles. The van der Waals surface area contributed by atoms with Crippen molar-refractivity contribution in [2.45, 2.75) is 13.0 Å². The van der Waals surface area contributed by atoms with E-state index in [1.54, 1.807) is 12.1 Å². The van der Waals surface area contributed by atoms with Gasteiger partial charge < -0.3 is 15.8 Å². The number of morpholine rings is 1. The van der Waals surface area contributed by atoms with Crippen molar-refractivity contribution in [3.8, 4) is 0 Å². The van der Waals surface area contributed by atoms with Crippen LogP contribution in [0.15, 0.2) is 42.5 Å². The summed E-state index contributed by atoms with van der Waals surface area (Å²) in [5, 5.41) is 3.76. The second-order valence-electron chi connectivity index (χ2n) is 6.47. The molecule has 26 heavy (non-hydrogen) atoms. The largest absolute Gasteiger partial charge is 0.399 e. The minimum Gasteiger partial charge on any atom is -0.399 e. The summed E-state index contributed by atoms with van der Waals surface area (Å²) in [5.74, 6) is -0.125. The van der Waals surface area contributed by atoms with E-state index < -0.39 is 0 Å². The number of rotatable bonds is 5. The Morgan fingerprint density at radius 2 is 2.00 bits per heavy atom. The highest BCUT2D eigenvalue weighted by molar-refractivity contribution is 6.31. The minimum absolute atomic E-state index is 0.00193. The number of anilines is 1. The van der Waals surface area contributed by atoms with Gasteiger partial charge in [-0.3, -0.25) is 9.69 Å². The molecule has 0 aliphatic carbocycles. The van der Waals surface area contributed by atoms with Gasteiger partial charge >= 0.3 is 0 Å². The Kier molecular flexibility index (Phi) is 6.14. The summed E-state index contributed by atoms with van der Waals surface area (Å²) in [4.78, 5) is 15.0. The molecule has 1 aliphatic rings. The predicted molar refractivity (Wildman–Crippen MR) is 105 cm³/mol. The molecular weight excluding hydrogens is 350 g/mol. The molecule has 0 aromatic heterocycles. The van der Waals surface area contributed by atoms with Crippen LogP contribution < -0.4 is 11.1 Å². The van der Waals surface area contributed by atoms with Crippen LogP contribution in [0.1, 0.15) is 27.5 Å². The molecule has 1 amide bonds. The molecular formula is C20H24ClN3O2. The molecule has 3 N–H and O–H groups in total. The minimum atomic E-state index is -0.125. The van der Waals surface area contributed by atoms with E-state index in [9.17, 15) is 4.79 Å². The summed E-state index contributed by atoms with van der Waals surface area (Å²) in [5.41, 5.74) is 8.93. The van der Waals surface area contributed by atoms with Gasteiger partial charge in [0.1, 0.15) is 0 Å². The normalized spacial score (nSPS) is 16.2. The lowest BCUT2D eigenvalue weighted by molar-refractivity contribution is 0.0162. The van der Waals surface area contributed by atoms with Crippen molar-refractivity contribution >= 4 is 23.2 Å². The molecule has 3 rings (SSSR count). The van der Waals surface area contributed by atoms with E-state index in [0.29, 0.717) is 36.0 Å². The summed E-state index contributed by atoms with van der Waals surface area (Å²) in [6.45, 7) is 5.36. The van der Waals surface area contributed by atoms with Gasteiger partial charge in [0.05, 0.1) is 19.3 Å². The monoisotopic (exact) mass is 373 g/mol. The van der Waals surface area contributed by atoms with Crippen LogP contribution in [0.4, 0.5) is 5.69 Å². The fourth-order valence-corrected chi connectivity index (χ4v) is 3.50. The second-order valence-corrected chi connectivity index (χ2v) is 6.88. The highest BCUT2D eigenvalue weighted by atomic mass is 35.5. The maximum absolute atomic E-state index is 12.7. The zero-order valence-corrected chi connectivity index (χ0v) is 15.6. The van der Waals surface area contributed by atoms with Crippen molar-refractivity contribution in [2.24, 2.45) is 0 Å². The molecule has 138 valence electrons. The average Bonchev–Trinajstić information content (AvgIpc) is 2.66. The fraction of sp³-hybridized carbons (Fsp3) is 0.350. The van der Waals surface area contributed by atoms with Crippen molar-refractivity contribution in [3.63, 3.8) is 0 Å². The van der Waals surface area contributed by atoms with E-state index in [2.05, 4.69) is 10.2 Å². The van der Waals surface area contributed by atoms with Gasteiger partial charge in [-0.25, -0.2) is 0 Å². The van der Waals surface area contributed by atoms with Crippen LogP contribution in [0.5, 0.6) is 0 Å². The maximum Gasteiger partial charge on any atom is 0.251 e. The van der Waals surface area contributed by atoms with Crippen LogP contribution >= 0.6 is 11.6 Å². The number of nitrogens with one attached hydrogen (secondary N) is 1. The number of ether oxygens (including phenoxy) is 1. The molecule has 2 aromatic carbocycles. The number of carbonyl (C=O) groups excluding carboxylic acids is 1. The molecule has 1 atom stereocenters. The van der Waals surface area contributed by atoms with E-state index in [-0.39, 0.29) is 11.9 Å². The van der Waals surface area contributed by atoms with Gasteiger partial charge in [-0.2, -0.15) is 0 Å². The van der Waals surface area contributed by atoms with Crippen LogP contribution in [0, 0.1) is 6.92 Å². The van der Waals surface area contributed by atoms with Gasteiger partial charge in [-0.1, -0.05) is 35.9 Å². The van der Waals surface area contributed by atoms with E-state index in [1.807, 2.05) is 37.3 Å². The summed E-state index contributed by atoms with van der Waals surface area (Å²) < 4.78 is 5.46. The van der Waals surface area contributed by atoms with E-state index in [4.69, 9.17) is 22.1 Å². The van der Waals surface area contributed by atoms with Crippen molar-refractivity contribution in [2.75, 3.05) is 38.6 Å². The van der Waals surface area contributed by atoms with E-state index in [1.165, 1.54) is 0 Å². The predicted octanol–water partition coefficient (Wildman–Crippen LogP) is 3.03. The van der Waals surface area contributed by atoms with Gasteiger partial charge in [0.25, 0.3) is 5.91 Å². The molecule has 1 fully saturated rings. The maximum atomic E-state index is 12.7. The van der Waals surface area contributed by atoms with Gasteiger partial charge in [-0.15, -0.1) is 0 Å². The molecule has 6 heteroatoms. The van der Waals surface area contributed by atoms with Crippen molar-refractivity contribution in [1.82, 2.24) is 10.2 Å². The third-order valence-corrected chi connectivity index (χ3v) is 5.06. The molecule has 5 nitrogen and oxygen atoms in total. The molecule has 0 spiro atoms.